The third kappa shape index (κ3) is 5.43. The first-order chi connectivity index (χ1) is 13.0. The molecule has 1 fully saturated rings. The van der Waals surface area contributed by atoms with Crippen molar-refractivity contribution in [3.05, 3.63) is 42.1 Å². The fourth-order valence-electron chi connectivity index (χ4n) is 3.30. The summed E-state index contributed by atoms with van der Waals surface area (Å²) < 4.78 is 0. The minimum atomic E-state index is -0.0799. The van der Waals surface area contributed by atoms with Crippen molar-refractivity contribution in [3.8, 4) is 0 Å². The van der Waals surface area contributed by atoms with Gasteiger partial charge in [-0.3, -0.25) is 4.90 Å². The molecule has 146 valence electrons. The van der Waals surface area contributed by atoms with Gasteiger partial charge in [-0.1, -0.05) is 6.07 Å². The summed E-state index contributed by atoms with van der Waals surface area (Å²) in [7, 11) is 1.78. The summed E-state index contributed by atoms with van der Waals surface area (Å²) in [6.45, 7) is 9.16. The van der Waals surface area contributed by atoms with Crippen molar-refractivity contribution in [1.29, 1.82) is 0 Å². The molecule has 0 saturated carbocycles. The Labute approximate surface area is 160 Å². The molecule has 0 radical (unpaired) electrons. The lowest BCUT2D eigenvalue weighted by molar-refractivity contribution is 0.191. The predicted octanol–water partition coefficient (Wildman–Crippen LogP) is 1.47. The van der Waals surface area contributed by atoms with E-state index in [0.717, 1.165) is 50.1 Å². The zero-order valence-corrected chi connectivity index (χ0v) is 16.4. The molecular formula is C19H29N7O. The second-order valence-corrected chi connectivity index (χ2v) is 7.20. The minimum absolute atomic E-state index is 0.0799. The van der Waals surface area contributed by atoms with Crippen LogP contribution < -0.4 is 10.2 Å². The summed E-state index contributed by atoms with van der Waals surface area (Å²) in [5.74, 6) is 1.83. The van der Waals surface area contributed by atoms with Crippen molar-refractivity contribution in [3.63, 3.8) is 0 Å². The topological polar surface area (TPSA) is 80.4 Å². The first kappa shape index (κ1) is 19.2. The van der Waals surface area contributed by atoms with Gasteiger partial charge in [-0.15, -0.1) is 0 Å². The SMILES string of the molecule is Cc1cnc(CN(C)C(=O)NC(C)CN2CCN(c3ccccn3)CC2)[nH]1. The lowest BCUT2D eigenvalue weighted by Gasteiger charge is -2.36. The number of urea groups is 1. The number of nitrogens with zero attached hydrogens (tertiary/aromatic N) is 5. The Balaban J connectivity index is 1.40. The number of imidazole rings is 1. The van der Waals surface area contributed by atoms with Crippen LogP contribution in [0.1, 0.15) is 18.4 Å². The fraction of sp³-hybridized carbons (Fsp3) is 0.526. The van der Waals surface area contributed by atoms with Crippen LogP contribution in [0.15, 0.2) is 30.6 Å². The van der Waals surface area contributed by atoms with Gasteiger partial charge >= 0.3 is 6.03 Å². The average molecular weight is 371 g/mol. The first-order valence-corrected chi connectivity index (χ1v) is 9.41. The zero-order chi connectivity index (χ0) is 19.2. The van der Waals surface area contributed by atoms with Crippen LogP contribution >= 0.6 is 0 Å². The Morgan fingerprint density at radius 2 is 2.07 bits per heavy atom. The van der Waals surface area contributed by atoms with E-state index < -0.39 is 0 Å². The van der Waals surface area contributed by atoms with Gasteiger partial charge in [-0.25, -0.2) is 14.8 Å². The molecule has 2 amide bonds. The van der Waals surface area contributed by atoms with Crippen molar-refractivity contribution in [2.24, 2.45) is 0 Å². The molecule has 1 atom stereocenters. The molecule has 2 aromatic rings. The maximum absolute atomic E-state index is 12.4. The van der Waals surface area contributed by atoms with Crippen molar-refractivity contribution in [2.75, 3.05) is 44.7 Å². The predicted molar refractivity (Wildman–Crippen MR) is 106 cm³/mol. The van der Waals surface area contributed by atoms with Crippen LogP contribution in [-0.2, 0) is 6.54 Å². The van der Waals surface area contributed by atoms with Gasteiger partial charge in [-0.2, -0.15) is 0 Å². The maximum atomic E-state index is 12.4. The summed E-state index contributed by atoms with van der Waals surface area (Å²) in [6.07, 6.45) is 3.61. The molecule has 0 aromatic carbocycles. The van der Waals surface area contributed by atoms with Gasteiger partial charge in [0.2, 0.25) is 0 Å². The van der Waals surface area contributed by atoms with Crippen molar-refractivity contribution < 1.29 is 4.79 Å². The van der Waals surface area contributed by atoms with Gasteiger partial charge in [0, 0.05) is 63.9 Å². The molecule has 1 unspecified atom stereocenters. The lowest BCUT2D eigenvalue weighted by atomic mass is 10.2. The van der Waals surface area contributed by atoms with Crippen LogP contribution in [0, 0.1) is 6.92 Å². The monoisotopic (exact) mass is 371 g/mol. The molecule has 0 aliphatic carbocycles. The first-order valence-electron chi connectivity index (χ1n) is 9.41. The number of pyridine rings is 1. The quantitative estimate of drug-likeness (QED) is 0.804. The van der Waals surface area contributed by atoms with Crippen molar-refractivity contribution in [2.45, 2.75) is 26.4 Å². The Morgan fingerprint density at radius 1 is 1.30 bits per heavy atom. The summed E-state index contributed by atoms with van der Waals surface area (Å²) in [5, 5.41) is 3.07. The standard InChI is InChI=1S/C19H29N7O/c1-15-12-21-17(22-15)14-24(3)19(27)23-16(2)13-25-8-10-26(11-9-25)18-6-4-5-7-20-18/h4-7,12,16H,8-11,13-14H2,1-3H3,(H,21,22)(H,23,27). The second-order valence-electron chi connectivity index (χ2n) is 7.20. The highest BCUT2D eigenvalue weighted by Crippen LogP contribution is 2.12. The molecule has 8 nitrogen and oxygen atoms in total. The highest BCUT2D eigenvalue weighted by molar-refractivity contribution is 5.74. The molecule has 1 aliphatic rings. The van der Waals surface area contributed by atoms with Gasteiger partial charge in [0.15, 0.2) is 0 Å². The number of aromatic nitrogens is 3. The second kappa shape index (κ2) is 8.85. The molecule has 2 N–H and O–H groups in total. The average Bonchev–Trinajstić information content (AvgIpc) is 3.07. The van der Waals surface area contributed by atoms with E-state index in [1.165, 1.54) is 0 Å². The number of piperazine rings is 1. The molecular weight excluding hydrogens is 342 g/mol. The molecule has 0 spiro atoms. The van der Waals surface area contributed by atoms with Gasteiger partial charge in [0.1, 0.15) is 11.6 Å². The van der Waals surface area contributed by atoms with Crippen LogP contribution in [0.4, 0.5) is 10.6 Å². The van der Waals surface area contributed by atoms with E-state index in [1.54, 1.807) is 18.1 Å². The number of aromatic amines is 1. The number of aryl methyl sites for hydroxylation is 1. The Hall–Kier alpha value is -2.61. The molecule has 3 rings (SSSR count). The van der Waals surface area contributed by atoms with E-state index in [9.17, 15) is 4.79 Å². The number of carbonyl (C=O) groups excluding carboxylic acids is 1. The summed E-state index contributed by atoms with van der Waals surface area (Å²) in [6, 6.07) is 6.01. The molecule has 2 aromatic heterocycles. The highest BCUT2D eigenvalue weighted by atomic mass is 16.2. The molecule has 27 heavy (non-hydrogen) atoms. The number of carbonyl (C=O) groups is 1. The molecule has 8 heteroatoms. The van der Waals surface area contributed by atoms with E-state index in [4.69, 9.17) is 0 Å². The van der Waals surface area contributed by atoms with Gasteiger partial charge in [0.25, 0.3) is 0 Å². The van der Waals surface area contributed by atoms with Crippen LogP contribution in [-0.4, -0.2) is 76.6 Å². The van der Waals surface area contributed by atoms with Crippen molar-refractivity contribution in [1.82, 2.24) is 30.1 Å². The highest BCUT2D eigenvalue weighted by Gasteiger charge is 2.21. The zero-order valence-electron chi connectivity index (χ0n) is 16.4. The Kier molecular flexibility index (Phi) is 6.28. The fourth-order valence-corrected chi connectivity index (χ4v) is 3.30. The Morgan fingerprint density at radius 3 is 2.70 bits per heavy atom. The number of anilines is 1. The maximum Gasteiger partial charge on any atom is 0.317 e. The Bertz CT molecular complexity index is 725. The summed E-state index contributed by atoms with van der Waals surface area (Å²) in [4.78, 5) is 30.5. The molecule has 3 heterocycles. The van der Waals surface area contributed by atoms with E-state index in [-0.39, 0.29) is 12.1 Å². The van der Waals surface area contributed by atoms with E-state index >= 15 is 0 Å². The van der Waals surface area contributed by atoms with Crippen molar-refractivity contribution >= 4 is 11.8 Å². The number of hydrogen-bond donors (Lipinski definition) is 2. The summed E-state index contributed by atoms with van der Waals surface area (Å²) in [5.41, 5.74) is 0.997. The third-order valence-corrected chi connectivity index (χ3v) is 4.74. The lowest BCUT2D eigenvalue weighted by Crippen LogP contribution is -2.52. The number of amides is 2. The van der Waals surface area contributed by atoms with Gasteiger partial charge < -0.3 is 20.1 Å². The molecule has 1 aliphatic heterocycles. The number of hydrogen-bond acceptors (Lipinski definition) is 5. The van der Waals surface area contributed by atoms with Crippen LogP contribution in [0.3, 0.4) is 0 Å². The molecule has 1 saturated heterocycles. The van der Waals surface area contributed by atoms with Crippen LogP contribution in [0.2, 0.25) is 0 Å². The van der Waals surface area contributed by atoms with E-state index in [1.807, 2.05) is 32.2 Å². The third-order valence-electron chi connectivity index (χ3n) is 4.74. The summed E-state index contributed by atoms with van der Waals surface area (Å²) >= 11 is 0. The van der Waals surface area contributed by atoms with Crippen LogP contribution in [0.5, 0.6) is 0 Å². The van der Waals surface area contributed by atoms with E-state index in [0.29, 0.717) is 6.54 Å². The molecule has 0 bridgehead atoms. The number of H-pyrrole nitrogens is 1. The van der Waals surface area contributed by atoms with Gasteiger partial charge in [-0.05, 0) is 26.0 Å². The van der Waals surface area contributed by atoms with Gasteiger partial charge in [0.05, 0.1) is 6.54 Å². The smallest absolute Gasteiger partial charge is 0.317 e. The number of nitrogens with one attached hydrogen (secondary N) is 2. The largest absolute Gasteiger partial charge is 0.354 e. The number of rotatable bonds is 6. The normalized spacial score (nSPS) is 16.2. The van der Waals surface area contributed by atoms with Crippen LogP contribution in [0.25, 0.3) is 0 Å². The minimum Gasteiger partial charge on any atom is -0.354 e. The van der Waals surface area contributed by atoms with E-state index in [2.05, 4.69) is 36.1 Å².